The number of aromatic amines is 1. The lowest BCUT2D eigenvalue weighted by Gasteiger charge is -2.36. The van der Waals surface area contributed by atoms with Gasteiger partial charge in [-0.25, -0.2) is 4.79 Å². The zero-order valence-corrected chi connectivity index (χ0v) is 16.3. The van der Waals surface area contributed by atoms with Gasteiger partial charge >= 0.3 is 5.76 Å². The van der Waals surface area contributed by atoms with Gasteiger partial charge in [-0.2, -0.15) is 0 Å². The van der Waals surface area contributed by atoms with E-state index in [1.165, 1.54) is 0 Å². The predicted molar refractivity (Wildman–Crippen MR) is 110 cm³/mol. The summed E-state index contributed by atoms with van der Waals surface area (Å²) in [5.41, 5.74) is 3.81. The number of aromatic nitrogens is 1. The minimum atomic E-state index is -0.473. The third kappa shape index (κ3) is 4.08. The van der Waals surface area contributed by atoms with E-state index < -0.39 is 5.76 Å². The summed E-state index contributed by atoms with van der Waals surface area (Å²) in [5, 5.41) is 0. The van der Waals surface area contributed by atoms with Gasteiger partial charge in [-0.1, -0.05) is 35.9 Å². The first kappa shape index (κ1) is 19.0. The van der Waals surface area contributed by atoms with E-state index >= 15 is 0 Å². The lowest BCUT2D eigenvalue weighted by Crippen LogP contribution is -2.48. The number of carbonyl (C=O) groups is 2. The molecule has 150 valence electrons. The second-order valence-electron chi connectivity index (χ2n) is 7.33. The quantitative estimate of drug-likeness (QED) is 0.674. The van der Waals surface area contributed by atoms with Gasteiger partial charge in [0.2, 0.25) is 5.91 Å². The van der Waals surface area contributed by atoms with Gasteiger partial charge in [0.15, 0.2) is 11.4 Å². The third-order valence-corrected chi connectivity index (χ3v) is 5.34. The number of Topliss-reactive ketones (excluding diaryl/α,β-unsaturated/α-hetero) is 1. The van der Waals surface area contributed by atoms with Gasteiger partial charge in [-0.05, 0) is 19.1 Å². The summed E-state index contributed by atoms with van der Waals surface area (Å²) in [6.45, 7) is 4.41. The van der Waals surface area contributed by atoms with Crippen molar-refractivity contribution in [3.8, 4) is 0 Å². The number of para-hydroxylation sites is 1. The van der Waals surface area contributed by atoms with Gasteiger partial charge < -0.3 is 14.2 Å². The lowest BCUT2D eigenvalue weighted by molar-refractivity contribution is -0.131. The van der Waals surface area contributed by atoms with Crippen molar-refractivity contribution in [2.45, 2.75) is 19.8 Å². The molecule has 0 bridgehead atoms. The van der Waals surface area contributed by atoms with Crippen LogP contribution in [0.3, 0.4) is 0 Å². The van der Waals surface area contributed by atoms with Crippen molar-refractivity contribution in [1.29, 1.82) is 0 Å². The molecule has 1 amide bonds. The number of oxazole rings is 1. The lowest BCUT2D eigenvalue weighted by atomic mass is 10.0. The Morgan fingerprint density at radius 1 is 1.00 bits per heavy atom. The average Bonchev–Trinajstić information content (AvgIpc) is 3.12. The molecule has 1 fully saturated rings. The second kappa shape index (κ2) is 7.95. The number of piperazine rings is 1. The van der Waals surface area contributed by atoms with E-state index in [2.05, 4.69) is 9.88 Å². The summed E-state index contributed by atoms with van der Waals surface area (Å²) in [6, 6.07) is 13.0. The first-order chi connectivity index (χ1) is 14.0. The second-order valence-corrected chi connectivity index (χ2v) is 7.33. The fourth-order valence-electron chi connectivity index (χ4n) is 3.67. The number of amides is 1. The monoisotopic (exact) mass is 393 g/mol. The standard InChI is InChI=1S/C22H23N3O4/c1-15-5-7-16(8-6-15)19(26)9-10-20(27)25-13-11-24(12-14-25)18-4-2-3-17-21(18)29-22(28)23-17/h2-8H,9-14H2,1H3,(H,23,28). The number of carbonyl (C=O) groups excluding carboxylic acids is 2. The van der Waals surface area contributed by atoms with Crippen molar-refractivity contribution in [2.24, 2.45) is 0 Å². The molecule has 0 unspecified atom stereocenters. The van der Waals surface area contributed by atoms with Crippen LogP contribution in [0.4, 0.5) is 5.69 Å². The highest BCUT2D eigenvalue weighted by Crippen LogP contribution is 2.26. The minimum absolute atomic E-state index is 0.00324. The number of hydrogen-bond donors (Lipinski definition) is 1. The fourth-order valence-corrected chi connectivity index (χ4v) is 3.67. The number of H-pyrrole nitrogens is 1. The molecule has 29 heavy (non-hydrogen) atoms. The van der Waals surface area contributed by atoms with Crippen LogP contribution in [0, 0.1) is 6.92 Å². The number of aryl methyl sites for hydroxylation is 1. The van der Waals surface area contributed by atoms with Crippen LogP contribution in [0.25, 0.3) is 11.1 Å². The van der Waals surface area contributed by atoms with Gasteiger partial charge in [0.05, 0.1) is 11.2 Å². The maximum Gasteiger partial charge on any atom is 0.417 e. The maximum atomic E-state index is 12.5. The molecule has 1 aliphatic rings. The van der Waals surface area contributed by atoms with E-state index in [0.717, 1.165) is 11.3 Å². The number of benzene rings is 2. The Hall–Kier alpha value is -3.35. The van der Waals surface area contributed by atoms with Gasteiger partial charge in [-0.15, -0.1) is 0 Å². The summed E-state index contributed by atoms with van der Waals surface area (Å²) in [4.78, 5) is 42.9. The van der Waals surface area contributed by atoms with Crippen LogP contribution in [-0.4, -0.2) is 47.8 Å². The molecule has 0 aliphatic carbocycles. The van der Waals surface area contributed by atoms with Crippen LogP contribution >= 0.6 is 0 Å². The van der Waals surface area contributed by atoms with Gasteiger partial charge in [0.1, 0.15) is 0 Å². The molecular formula is C22H23N3O4. The summed E-state index contributed by atoms with van der Waals surface area (Å²) in [5.74, 6) is -0.484. The van der Waals surface area contributed by atoms with E-state index in [1.54, 1.807) is 23.1 Å². The highest BCUT2D eigenvalue weighted by molar-refractivity contribution is 5.98. The molecule has 1 N–H and O–H groups in total. The topological polar surface area (TPSA) is 86.6 Å². The Bertz CT molecular complexity index is 1090. The smallest absolute Gasteiger partial charge is 0.406 e. The highest BCUT2D eigenvalue weighted by atomic mass is 16.4. The van der Waals surface area contributed by atoms with Crippen molar-refractivity contribution in [3.63, 3.8) is 0 Å². The SMILES string of the molecule is Cc1ccc(C(=O)CCC(=O)N2CCN(c3cccc4[nH]c(=O)oc34)CC2)cc1. The molecule has 1 saturated heterocycles. The maximum absolute atomic E-state index is 12.5. The average molecular weight is 393 g/mol. The van der Waals surface area contributed by atoms with Crippen molar-refractivity contribution >= 4 is 28.5 Å². The summed E-state index contributed by atoms with van der Waals surface area (Å²) < 4.78 is 5.27. The number of nitrogens with one attached hydrogen (secondary N) is 1. The Balaban J connectivity index is 1.33. The molecular weight excluding hydrogens is 370 g/mol. The molecule has 7 nitrogen and oxygen atoms in total. The third-order valence-electron chi connectivity index (χ3n) is 5.34. The van der Waals surface area contributed by atoms with Crippen LogP contribution < -0.4 is 10.7 Å². The predicted octanol–water partition coefficient (Wildman–Crippen LogP) is 2.74. The van der Waals surface area contributed by atoms with E-state index in [4.69, 9.17) is 4.42 Å². The molecule has 1 aromatic heterocycles. The van der Waals surface area contributed by atoms with Crippen LogP contribution in [-0.2, 0) is 4.79 Å². The van der Waals surface area contributed by atoms with Crippen molar-refractivity contribution in [3.05, 3.63) is 64.1 Å². The molecule has 0 atom stereocenters. The molecule has 3 aromatic rings. The summed E-state index contributed by atoms with van der Waals surface area (Å²) in [7, 11) is 0. The normalized spacial score (nSPS) is 14.4. The Morgan fingerprint density at radius 3 is 2.45 bits per heavy atom. The number of rotatable bonds is 5. The molecule has 0 spiro atoms. The van der Waals surface area contributed by atoms with E-state index in [0.29, 0.717) is 42.8 Å². The molecule has 7 heteroatoms. The van der Waals surface area contributed by atoms with Crippen LogP contribution in [0.15, 0.2) is 51.7 Å². The Morgan fingerprint density at radius 2 is 1.72 bits per heavy atom. The van der Waals surface area contributed by atoms with E-state index in [9.17, 15) is 14.4 Å². The highest BCUT2D eigenvalue weighted by Gasteiger charge is 2.23. The zero-order chi connectivity index (χ0) is 20.4. The number of hydrogen-bond acceptors (Lipinski definition) is 5. The summed E-state index contributed by atoms with van der Waals surface area (Å²) >= 11 is 0. The first-order valence-electron chi connectivity index (χ1n) is 9.76. The van der Waals surface area contributed by atoms with Gasteiger partial charge in [0.25, 0.3) is 0 Å². The Kier molecular flexibility index (Phi) is 5.20. The molecule has 2 heterocycles. The Labute approximate surface area is 167 Å². The number of anilines is 1. The van der Waals surface area contributed by atoms with Crippen molar-refractivity contribution in [2.75, 3.05) is 31.1 Å². The largest absolute Gasteiger partial charge is 0.417 e. The number of nitrogens with zero attached hydrogens (tertiary/aromatic N) is 2. The minimum Gasteiger partial charge on any atom is -0.406 e. The van der Waals surface area contributed by atoms with E-state index in [1.807, 2.05) is 31.2 Å². The number of fused-ring (bicyclic) bond motifs is 1. The van der Waals surface area contributed by atoms with E-state index in [-0.39, 0.29) is 24.5 Å². The first-order valence-corrected chi connectivity index (χ1v) is 9.76. The van der Waals surface area contributed by atoms with Crippen molar-refractivity contribution < 1.29 is 14.0 Å². The molecule has 1 aliphatic heterocycles. The zero-order valence-electron chi connectivity index (χ0n) is 16.3. The fraction of sp³-hybridized carbons (Fsp3) is 0.318. The van der Waals surface area contributed by atoms with Crippen molar-refractivity contribution in [1.82, 2.24) is 9.88 Å². The van der Waals surface area contributed by atoms with Crippen LogP contribution in [0.5, 0.6) is 0 Å². The van der Waals surface area contributed by atoms with Crippen LogP contribution in [0.2, 0.25) is 0 Å². The molecule has 0 radical (unpaired) electrons. The molecule has 4 rings (SSSR count). The van der Waals surface area contributed by atoms with Gasteiger partial charge in [-0.3, -0.25) is 14.6 Å². The molecule has 2 aromatic carbocycles. The summed E-state index contributed by atoms with van der Waals surface area (Å²) in [6.07, 6.45) is 0.435. The number of ketones is 1. The molecule has 0 saturated carbocycles. The van der Waals surface area contributed by atoms with Crippen LogP contribution in [0.1, 0.15) is 28.8 Å². The van der Waals surface area contributed by atoms with Gasteiger partial charge in [0, 0.05) is 44.6 Å².